The fraction of sp³-hybridized carbons (Fsp3) is 0.500. The number of hydrogen-bond donors (Lipinski definition) is 1. The summed E-state index contributed by atoms with van der Waals surface area (Å²) in [6.45, 7) is 2.88. The van der Waals surface area contributed by atoms with Crippen LogP contribution in [0.2, 0.25) is 0 Å². The standard InChI is InChI=1S/C18H21F5N2O3S/c1-11(8-14(25-24)16(19)20)15-10-17(2,6-7-28-15)29(26,27)13-5-3-4-12(9-13)18(21,22)23/h3-5,8-9,15-16H,6-7,10,24H2,1-2H3/b11-8+,25-14+. The quantitative estimate of drug-likeness (QED) is 0.325. The molecule has 0 saturated carbocycles. The van der Waals surface area contributed by atoms with E-state index in [2.05, 4.69) is 5.10 Å². The Labute approximate surface area is 165 Å². The molecule has 29 heavy (non-hydrogen) atoms. The van der Waals surface area contributed by atoms with Crippen LogP contribution in [0.1, 0.15) is 32.3 Å². The van der Waals surface area contributed by atoms with Gasteiger partial charge in [0.1, 0.15) is 5.71 Å². The molecule has 1 saturated heterocycles. The van der Waals surface area contributed by atoms with Crippen LogP contribution in [0.15, 0.2) is 45.9 Å². The predicted molar refractivity (Wildman–Crippen MR) is 97.4 cm³/mol. The van der Waals surface area contributed by atoms with Gasteiger partial charge in [-0.1, -0.05) is 6.07 Å². The maximum atomic E-state index is 13.1. The molecule has 0 spiro atoms. The summed E-state index contributed by atoms with van der Waals surface area (Å²) in [5.74, 6) is 4.93. The normalized spacial score (nSPS) is 24.8. The number of allylic oxidation sites excluding steroid dienone is 1. The summed E-state index contributed by atoms with van der Waals surface area (Å²) in [4.78, 5) is -0.450. The van der Waals surface area contributed by atoms with Gasteiger partial charge >= 0.3 is 6.18 Å². The number of nitrogens with two attached hydrogens (primary N) is 1. The lowest BCUT2D eigenvalue weighted by Gasteiger charge is -2.38. The van der Waals surface area contributed by atoms with Crippen molar-refractivity contribution in [2.75, 3.05) is 6.61 Å². The number of hydrazone groups is 1. The Bertz CT molecular complexity index is 912. The monoisotopic (exact) mass is 440 g/mol. The van der Waals surface area contributed by atoms with Crippen molar-refractivity contribution in [3.63, 3.8) is 0 Å². The highest BCUT2D eigenvalue weighted by Gasteiger charge is 2.45. The van der Waals surface area contributed by atoms with E-state index in [1.807, 2.05) is 0 Å². The van der Waals surface area contributed by atoms with E-state index in [4.69, 9.17) is 10.6 Å². The second kappa shape index (κ2) is 8.39. The Balaban J connectivity index is 2.37. The van der Waals surface area contributed by atoms with Crippen molar-refractivity contribution >= 4 is 15.5 Å². The largest absolute Gasteiger partial charge is 0.416 e. The minimum absolute atomic E-state index is 0.00564. The maximum absolute atomic E-state index is 13.1. The van der Waals surface area contributed by atoms with Gasteiger partial charge in [-0.25, -0.2) is 17.2 Å². The smallest absolute Gasteiger partial charge is 0.374 e. The van der Waals surface area contributed by atoms with Gasteiger partial charge in [-0.05, 0) is 56.5 Å². The maximum Gasteiger partial charge on any atom is 0.416 e. The Hall–Kier alpha value is -2.01. The van der Waals surface area contributed by atoms with Crippen molar-refractivity contribution in [1.29, 1.82) is 0 Å². The van der Waals surface area contributed by atoms with Gasteiger partial charge in [0.05, 0.1) is 21.3 Å². The molecule has 2 unspecified atom stereocenters. The molecule has 0 bridgehead atoms. The average Bonchev–Trinajstić information content (AvgIpc) is 2.65. The van der Waals surface area contributed by atoms with Crippen LogP contribution in [0.3, 0.4) is 0 Å². The average molecular weight is 440 g/mol. The Morgan fingerprint density at radius 3 is 2.59 bits per heavy atom. The number of sulfone groups is 1. The number of halogens is 5. The van der Waals surface area contributed by atoms with Gasteiger partial charge in [-0.3, -0.25) is 0 Å². The molecule has 1 heterocycles. The van der Waals surface area contributed by atoms with Gasteiger partial charge in [-0.15, -0.1) is 0 Å². The first-order chi connectivity index (χ1) is 13.3. The Morgan fingerprint density at radius 1 is 1.38 bits per heavy atom. The van der Waals surface area contributed by atoms with Crippen molar-refractivity contribution in [3.05, 3.63) is 41.5 Å². The first-order valence-electron chi connectivity index (χ1n) is 8.59. The summed E-state index contributed by atoms with van der Waals surface area (Å²) < 4.78 is 95.0. The molecule has 11 heteroatoms. The highest BCUT2D eigenvalue weighted by atomic mass is 32.2. The number of hydrogen-bond acceptors (Lipinski definition) is 5. The van der Waals surface area contributed by atoms with E-state index in [0.29, 0.717) is 11.6 Å². The molecule has 1 aliphatic heterocycles. The van der Waals surface area contributed by atoms with E-state index >= 15 is 0 Å². The lowest BCUT2D eigenvalue weighted by atomic mass is 9.92. The highest BCUT2D eigenvalue weighted by molar-refractivity contribution is 7.92. The molecule has 5 nitrogen and oxygen atoms in total. The lowest BCUT2D eigenvalue weighted by molar-refractivity contribution is -0.137. The molecule has 0 aromatic heterocycles. The summed E-state index contributed by atoms with van der Waals surface area (Å²) in [6, 6.07) is 3.54. The molecule has 1 aromatic carbocycles. The second-order valence-corrected chi connectivity index (χ2v) is 9.50. The number of benzene rings is 1. The summed E-state index contributed by atoms with van der Waals surface area (Å²) in [7, 11) is -4.17. The number of nitrogens with zero attached hydrogens (tertiary/aromatic N) is 1. The van der Waals surface area contributed by atoms with Crippen LogP contribution in [-0.2, 0) is 20.8 Å². The van der Waals surface area contributed by atoms with Gasteiger partial charge in [-0.2, -0.15) is 18.3 Å². The highest BCUT2D eigenvalue weighted by Crippen LogP contribution is 2.40. The van der Waals surface area contributed by atoms with Crippen molar-refractivity contribution < 1.29 is 35.1 Å². The van der Waals surface area contributed by atoms with Crippen molar-refractivity contribution in [2.24, 2.45) is 10.9 Å². The summed E-state index contributed by atoms with van der Waals surface area (Å²) in [5, 5.41) is 3.00. The van der Waals surface area contributed by atoms with Gasteiger partial charge < -0.3 is 10.6 Å². The minimum atomic E-state index is -4.68. The molecule has 2 N–H and O–H groups in total. The SMILES string of the molecule is C/C(=C\C(=N/N)C(F)F)C1CC(C)(S(=O)(=O)c2cccc(C(F)(F)F)c2)CCO1. The number of ether oxygens (including phenoxy) is 1. The van der Waals surface area contributed by atoms with Gasteiger partial charge in [0, 0.05) is 6.61 Å². The molecule has 2 atom stereocenters. The van der Waals surface area contributed by atoms with E-state index in [0.717, 1.165) is 24.3 Å². The Morgan fingerprint density at radius 2 is 2.03 bits per heavy atom. The fourth-order valence-corrected chi connectivity index (χ4v) is 4.95. The van der Waals surface area contributed by atoms with Crippen LogP contribution >= 0.6 is 0 Å². The second-order valence-electron chi connectivity index (χ2n) is 7.04. The molecule has 1 fully saturated rings. The molecule has 1 aliphatic rings. The molecule has 162 valence electrons. The van der Waals surface area contributed by atoms with Crippen LogP contribution in [-0.4, -0.2) is 38.0 Å². The number of rotatable bonds is 5. The van der Waals surface area contributed by atoms with Crippen molar-refractivity contribution in [2.45, 2.75) is 55.0 Å². The predicted octanol–water partition coefficient (Wildman–Crippen LogP) is 3.94. The van der Waals surface area contributed by atoms with Crippen LogP contribution < -0.4 is 5.84 Å². The van der Waals surface area contributed by atoms with Crippen LogP contribution in [0, 0.1) is 0 Å². The topological polar surface area (TPSA) is 81.8 Å². The van der Waals surface area contributed by atoms with E-state index in [1.165, 1.54) is 13.8 Å². The van der Waals surface area contributed by atoms with Crippen LogP contribution in [0.4, 0.5) is 22.0 Å². The van der Waals surface area contributed by atoms with Gasteiger partial charge in [0.2, 0.25) is 0 Å². The molecular formula is C18H21F5N2O3S. The molecule has 2 rings (SSSR count). The van der Waals surface area contributed by atoms with Gasteiger partial charge in [0.15, 0.2) is 9.84 Å². The van der Waals surface area contributed by atoms with E-state index in [-0.39, 0.29) is 19.4 Å². The van der Waals surface area contributed by atoms with Crippen LogP contribution in [0.25, 0.3) is 0 Å². The van der Waals surface area contributed by atoms with Crippen molar-refractivity contribution in [3.8, 4) is 0 Å². The van der Waals surface area contributed by atoms with E-state index in [9.17, 15) is 30.4 Å². The first kappa shape index (κ1) is 23.3. The third kappa shape index (κ3) is 4.95. The zero-order valence-corrected chi connectivity index (χ0v) is 16.5. The summed E-state index contributed by atoms with van der Waals surface area (Å²) >= 11 is 0. The zero-order chi connectivity index (χ0) is 22.0. The molecule has 0 amide bonds. The minimum Gasteiger partial charge on any atom is -0.374 e. The molecule has 0 aliphatic carbocycles. The number of alkyl halides is 5. The zero-order valence-electron chi connectivity index (χ0n) is 15.7. The molecular weight excluding hydrogens is 419 g/mol. The van der Waals surface area contributed by atoms with E-state index < -0.39 is 49.5 Å². The molecule has 0 radical (unpaired) electrons. The molecule has 1 aromatic rings. The van der Waals surface area contributed by atoms with Crippen molar-refractivity contribution in [1.82, 2.24) is 0 Å². The first-order valence-corrected chi connectivity index (χ1v) is 10.1. The summed E-state index contributed by atoms with van der Waals surface area (Å²) in [5.41, 5.74) is -1.46. The lowest BCUT2D eigenvalue weighted by Crippen LogP contribution is -2.45. The third-order valence-electron chi connectivity index (χ3n) is 4.94. The fourth-order valence-electron chi connectivity index (χ4n) is 3.11. The third-order valence-corrected chi connectivity index (χ3v) is 7.49. The van der Waals surface area contributed by atoms with Gasteiger partial charge in [0.25, 0.3) is 6.43 Å². The van der Waals surface area contributed by atoms with Crippen LogP contribution in [0.5, 0.6) is 0 Å². The Kier molecular flexibility index (Phi) is 6.73. The summed E-state index contributed by atoms with van der Waals surface area (Å²) in [6.07, 6.45) is -7.48. The van der Waals surface area contributed by atoms with E-state index in [1.54, 1.807) is 0 Å².